The van der Waals surface area contributed by atoms with Gasteiger partial charge in [0.2, 0.25) is 0 Å². The molecule has 1 heterocycles. The predicted octanol–water partition coefficient (Wildman–Crippen LogP) is 2.20. The molecule has 0 radical (unpaired) electrons. The summed E-state index contributed by atoms with van der Waals surface area (Å²) in [5, 5.41) is 11.5. The van der Waals surface area contributed by atoms with Crippen LogP contribution in [-0.2, 0) is 0 Å². The van der Waals surface area contributed by atoms with Crippen LogP contribution in [-0.4, -0.2) is 16.4 Å². The molecule has 11 heavy (non-hydrogen) atoms. The maximum atomic E-state index is 8.16. The van der Waals surface area contributed by atoms with E-state index in [9.17, 15) is 0 Å². The lowest BCUT2D eigenvalue weighted by atomic mass is 10.3. The van der Waals surface area contributed by atoms with Gasteiger partial charge in [-0.15, -0.1) is 0 Å². The van der Waals surface area contributed by atoms with Crippen molar-refractivity contribution in [1.29, 1.82) is 0 Å². The van der Waals surface area contributed by atoms with Crippen molar-refractivity contribution in [2.75, 3.05) is 0 Å². The van der Waals surface area contributed by atoms with Gasteiger partial charge in [-0.2, -0.15) is 0 Å². The highest BCUT2D eigenvalue weighted by molar-refractivity contribution is 6.34. The minimum absolute atomic E-state index is 0.218. The van der Waals surface area contributed by atoms with Crippen molar-refractivity contribution in [3.05, 3.63) is 28.0 Å². The average molecular weight is 191 g/mol. The Bertz CT molecular complexity index is 288. The third-order valence-corrected chi connectivity index (χ3v) is 1.55. The van der Waals surface area contributed by atoms with Gasteiger partial charge in [0, 0.05) is 5.56 Å². The van der Waals surface area contributed by atoms with Crippen molar-refractivity contribution in [2.24, 2.45) is 5.16 Å². The molecule has 1 aromatic rings. The lowest BCUT2D eigenvalue weighted by molar-refractivity contribution is 0.322. The minimum atomic E-state index is 0.218. The monoisotopic (exact) mass is 190 g/mol. The highest BCUT2D eigenvalue weighted by Crippen LogP contribution is 2.14. The molecule has 0 aliphatic carbocycles. The fourth-order valence-electron chi connectivity index (χ4n) is 0.581. The molecule has 0 spiro atoms. The molecule has 0 unspecified atom stereocenters. The summed E-state index contributed by atoms with van der Waals surface area (Å²) in [6.45, 7) is 0. The topological polar surface area (TPSA) is 45.5 Å². The summed E-state index contributed by atoms with van der Waals surface area (Å²) >= 11 is 11.1. The number of nitrogens with zero attached hydrogens (tertiary/aromatic N) is 2. The van der Waals surface area contributed by atoms with E-state index in [1.165, 1.54) is 6.21 Å². The zero-order valence-corrected chi connectivity index (χ0v) is 6.84. The maximum absolute atomic E-state index is 8.16. The van der Waals surface area contributed by atoms with Crippen LogP contribution >= 0.6 is 23.2 Å². The quantitative estimate of drug-likeness (QED) is 0.320. The fraction of sp³-hybridized carbons (Fsp3) is 0. The zero-order chi connectivity index (χ0) is 8.27. The Morgan fingerprint density at radius 1 is 1.45 bits per heavy atom. The number of pyridine rings is 1. The molecule has 0 aliphatic rings. The first-order chi connectivity index (χ1) is 5.24. The maximum Gasteiger partial charge on any atom is 0.139 e. The lowest BCUT2D eigenvalue weighted by Gasteiger charge is -1.94. The molecular formula is C6H4Cl2N2O. The van der Waals surface area contributed by atoms with Gasteiger partial charge in [0.25, 0.3) is 0 Å². The molecule has 1 rings (SSSR count). The smallest absolute Gasteiger partial charge is 0.139 e. The molecule has 1 aromatic heterocycles. The molecular weight excluding hydrogens is 187 g/mol. The van der Waals surface area contributed by atoms with Crippen molar-refractivity contribution in [3.8, 4) is 0 Å². The van der Waals surface area contributed by atoms with Crippen LogP contribution in [0, 0.1) is 0 Å². The van der Waals surface area contributed by atoms with E-state index >= 15 is 0 Å². The van der Waals surface area contributed by atoms with Crippen molar-refractivity contribution in [2.45, 2.75) is 0 Å². The van der Waals surface area contributed by atoms with Crippen molar-refractivity contribution in [1.82, 2.24) is 4.98 Å². The number of hydrogen-bond acceptors (Lipinski definition) is 3. The Morgan fingerprint density at radius 3 is 2.73 bits per heavy atom. The molecule has 0 amide bonds. The summed E-state index contributed by atoms with van der Waals surface area (Å²) in [5.74, 6) is 0. The van der Waals surface area contributed by atoms with Crippen LogP contribution in [0.4, 0.5) is 0 Å². The molecule has 5 heteroatoms. The third kappa shape index (κ3) is 2.06. The second-order valence-electron chi connectivity index (χ2n) is 1.76. The summed E-state index contributed by atoms with van der Waals surface area (Å²) in [4.78, 5) is 3.72. The Labute approximate surface area is 73.3 Å². The van der Waals surface area contributed by atoms with E-state index in [4.69, 9.17) is 28.4 Å². The standard InChI is InChI=1S/C6H4Cl2N2O/c7-5-2-1-4(3-9-11)6(8)10-5/h1-3,11H. The predicted molar refractivity (Wildman–Crippen MR) is 43.6 cm³/mol. The first kappa shape index (κ1) is 8.30. The first-order valence-corrected chi connectivity index (χ1v) is 3.49. The number of halogens is 2. The summed E-state index contributed by atoms with van der Waals surface area (Å²) in [6, 6.07) is 3.17. The van der Waals surface area contributed by atoms with Crippen molar-refractivity contribution in [3.63, 3.8) is 0 Å². The van der Waals surface area contributed by atoms with E-state index in [1.54, 1.807) is 12.1 Å². The summed E-state index contributed by atoms with van der Waals surface area (Å²) in [6.07, 6.45) is 1.19. The normalized spacial score (nSPS) is 10.7. The molecule has 0 saturated heterocycles. The fourth-order valence-corrected chi connectivity index (χ4v) is 0.975. The summed E-state index contributed by atoms with van der Waals surface area (Å²) in [7, 11) is 0. The zero-order valence-electron chi connectivity index (χ0n) is 5.33. The third-order valence-electron chi connectivity index (χ3n) is 1.04. The number of oxime groups is 1. The summed E-state index contributed by atoms with van der Waals surface area (Å²) in [5.41, 5.74) is 0.526. The van der Waals surface area contributed by atoms with Gasteiger partial charge in [-0.25, -0.2) is 4.98 Å². The Balaban J connectivity index is 3.09. The molecule has 0 aliphatic heterocycles. The second kappa shape index (κ2) is 3.55. The molecule has 3 nitrogen and oxygen atoms in total. The van der Waals surface area contributed by atoms with E-state index in [-0.39, 0.29) is 5.15 Å². The van der Waals surface area contributed by atoms with E-state index in [0.717, 1.165) is 0 Å². The van der Waals surface area contributed by atoms with Gasteiger partial charge in [0.1, 0.15) is 10.3 Å². The Morgan fingerprint density at radius 2 is 2.18 bits per heavy atom. The largest absolute Gasteiger partial charge is 0.411 e. The Kier molecular flexibility index (Phi) is 2.68. The van der Waals surface area contributed by atoms with Crippen LogP contribution in [0.15, 0.2) is 17.3 Å². The molecule has 1 N–H and O–H groups in total. The van der Waals surface area contributed by atoms with Crippen LogP contribution in [0.5, 0.6) is 0 Å². The number of aromatic nitrogens is 1. The van der Waals surface area contributed by atoms with Crippen LogP contribution in [0.3, 0.4) is 0 Å². The van der Waals surface area contributed by atoms with Crippen molar-refractivity contribution < 1.29 is 5.21 Å². The minimum Gasteiger partial charge on any atom is -0.411 e. The molecule has 0 saturated carbocycles. The first-order valence-electron chi connectivity index (χ1n) is 2.73. The molecule has 0 atom stereocenters. The van der Waals surface area contributed by atoms with Gasteiger partial charge in [-0.3, -0.25) is 0 Å². The summed E-state index contributed by atoms with van der Waals surface area (Å²) < 4.78 is 0. The van der Waals surface area contributed by atoms with Crippen LogP contribution in [0.25, 0.3) is 0 Å². The van der Waals surface area contributed by atoms with E-state index in [0.29, 0.717) is 10.7 Å². The number of rotatable bonds is 1. The van der Waals surface area contributed by atoms with Gasteiger partial charge in [0.15, 0.2) is 0 Å². The average Bonchev–Trinajstić information content (AvgIpc) is 1.95. The van der Waals surface area contributed by atoms with Crippen LogP contribution < -0.4 is 0 Å². The molecule has 58 valence electrons. The van der Waals surface area contributed by atoms with Crippen LogP contribution in [0.2, 0.25) is 10.3 Å². The van der Waals surface area contributed by atoms with E-state index < -0.39 is 0 Å². The van der Waals surface area contributed by atoms with Gasteiger partial charge in [-0.05, 0) is 12.1 Å². The Hall–Kier alpha value is -0.800. The van der Waals surface area contributed by atoms with E-state index in [1.807, 2.05) is 0 Å². The second-order valence-corrected chi connectivity index (χ2v) is 2.50. The van der Waals surface area contributed by atoms with Crippen LogP contribution in [0.1, 0.15) is 5.56 Å². The highest BCUT2D eigenvalue weighted by Gasteiger charge is 1.98. The van der Waals surface area contributed by atoms with E-state index in [2.05, 4.69) is 10.1 Å². The van der Waals surface area contributed by atoms with Gasteiger partial charge in [-0.1, -0.05) is 28.4 Å². The lowest BCUT2D eigenvalue weighted by Crippen LogP contribution is -1.86. The van der Waals surface area contributed by atoms with Gasteiger partial charge < -0.3 is 5.21 Å². The SMILES string of the molecule is ON=Cc1ccc(Cl)nc1Cl. The van der Waals surface area contributed by atoms with Crippen molar-refractivity contribution >= 4 is 29.4 Å². The van der Waals surface area contributed by atoms with Gasteiger partial charge >= 0.3 is 0 Å². The van der Waals surface area contributed by atoms with Gasteiger partial charge in [0.05, 0.1) is 6.21 Å². The number of hydrogen-bond donors (Lipinski definition) is 1. The molecule has 0 aromatic carbocycles. The molecule has 0 bridgehead atoms. The molecule has 0 fully saturated rings. The highest BCUT2D eigenvalue weighted by atomic mass is 35.5.